The molecule has 4 rings (SSSR count). The number of nitrogens with two attached hydrogens (primary N) is 1. The fraction of sp³-hybridized carbons (Fsp3) is 0.452. The maximum Gasteiger partial charge on any atom is 0.326 e. The Morgan fingerprint density at radius 1 is 0.955 bits per heavy atom. The number of aliphatic carboxylic acids is 1. The van der Waals surface area contributed by atoms with E-state index in [1.807, 2.05) is 19.9 Å². The summed E-state index contributed by atoms with van der Waals surface area (Å²) in [5.74, 6) is -2.80. The van der Waals surface area contributed by atoms with E-state index in [4.69, 9.17) is 5.73 Å². The van der Waals surface area contributed by atoms with Crippen molar-refractivity contribution in [3.05, 3.63) is 65.7 Å². The Kier molecular flexibility index (Phi) is 10.9. The zero-order chi connectivity index (χ0) is 32.0. The Morgan fingerprint density at radius 3 is 2.25 bits per heavy atom. The van der Waals surface area contributed by atoms with Crippen LogP contribution in [0.5, 0.6) is 5.75 Å². The second-order valence-corrected chi connectivity index (χ2v) is 12.8. The van der Waals surface area contributed by atoms with Crippen LogP contribution in [-0.2, 0) is 36.8 Å². The van der Waals surface area contributed by atoms with E-state index in [1.54, 1.807) is 36.4 Å². The van der Waals surface area contributed by atoms with Gasteiger partial charge in [0.15, 0.2) is 0 Å². The molecule has 2 saturated heterocycles. The number of rotatable bonds is 13. The highest BCUT2D eigenvalue weighted by atomic mass is 32.2. The number of nitrogens with zero attached hydrogens (tertiary/aromatic N) is 1. The van der Waals surface area contributed by atoms with Crippen molar-refractivity contribution < 1.29 is 34.2 Å². The first-order chi connectivity index (χ1) is 20.9. The van der Waals surface area contributed by atoms with Gasteiger partial charge in [-0.15, -0.1) is 11.8 Å². The van der Waals surface area contributed by atoms with Gasteiger partial charge in [-0.2, -0.15) is 0 Å². The zero-order valence-corrected chi connectivity index (χ0v) is 25.5. The molecular formula is C31H39N5O7S. The first-order valence-electron chi connectivity index (χ1n) is 14.6. The van der Waals surface area contributed by atoms with Crippen molar-refractivity contribution >= 4 is 41.4 Å². The highest BCUT2D eigenvalue weighted by molar-refractivity contribution is 8.00. The topological polar surface area (TPSA) is 191 Å². The Balaban J connectivity index is 1.41. The van der Waals surface area contributed by atoms with Crippen LogP contribution in [-0.4, -0.2) is 86.0 Å². The van der Waals surface area contributed by atoms with Crippen LogP contribution in [0.15, 0.2) is 54.6 Å². The van der Waals surface area contributed by atoms with Crippen molar-refractivity contribution in [1.82, 2.24) is 20.9 Å². The Bertz CT molecular complexity index is 1360. The molecule has 0 radical (unpaired) electrons. The molecule has 2 fully saturated rings. The molecule has 2 aliphatic rings. The van der Waals surface area contributed by atoms with Crippen LogP contribution in [0.2, 0.25) is 0 Å². The molecular weight excluding hydrogens is 586 g/mol. The molecule has 0 aromatic heterocycles. The molecule has 7 N–H and O–H groups in total. The normalized spacial score (nSPS) is 21.3. The number of nitrogens with one attached hydrogen (secondary N) is 3. The number of hydrogen-bond donors (Lipinski definition) is 6. The first kappa shape index (κ1) is 32.8. The molecule has 236 valence electrons. The van der Waals surface area contributed by atoms with Crippen LogP contribution in [0.25, 0.3) is 0 Å². The van der Waals surface area contributed by atoms with E-state index in [0.29, 0.717) is 12.2 Å². The van der Waals surface area contributed by atoms with Gasteiger partial charge in [-0.25, -0.2) is 4.79 Å². The summed E-state index contributed by atoms with van der Waals surface area (Å²) in [6, 6.07) is 10.5. The van der Waals surface area contributed by atoms with E-state index < -0.39 is 59.8 Å². The SMILES string of the molecule is CC(C)C[C@H](NC(=O)[C@H](Cc1ccccc1)NC(=O)[C@@H]1CS[C@H]2C[C@H](NC(=O)[C@@H](N)Cc3ccc(O)cc3)C(=O)N21)C(=O)O. The van der Waals surface area contributed by atoms with Crippen molar-refractivity contribution in [2.24, 2.45) is 11.7 Å². The van der Waals surface area contributed by atoms with Crippen LogP contribution < -0.4 is 21.7 Å². The van der Waals surface area contributed by atoms with Gasteiger partial charge < -0.3 is 36.8 Å². The second-order valence-electron chi connectivity index (χ2n) is 11.6. The molecule has 6 atom stereocenters. The number of phenols is 1. The molecule has 0 aliphatic carbocycles. The number of amides is 4. The van der Waals surface area contributed by atoms with Gasteiger partial charge in [0.25, 0.3) is 0 Å². The summed E-state index contributed by atoms with van der Waals surface area (Å²) in [4.78, 5) is 66.4. The number of thioether (sulfide) groups is 1. The smallest absolute Gasteiger partial charge is 0.326 e. The molecule has 44 heavy (non-hydrogen) atoms. The fourth-order valence-electron chi connectivity index (χ4n) is 5.40. The van der Waals surface area contributed by atoms with Crippen LogP contribution in [0.3, 0.4) is 0 Å². The summed E-state index contributed by atoms with van der Waals surface area (Å²) >= 11 is 1.42. The maximum atomic E-state index is 13.6. The summed E-state index contributed by atoms with van der Waals surface area (Å²) in [7, 11) is 0. The van der Waals surface area contributed by atoms with Crippen molar-refractivity contribution in [2.45, 2.75) is 75.1 Å². The monoisotopic (exact) mass is 625 g/mol. The minimum Gasteiger partial charge on any atom is -0.508 e. The van der Waals surface area contributed by atoms with Gasteiger partial charge in [-0.3, -0.25) is 19.2 Å². The molecule has 2 aromatic rings. The van der Waals surface area contributed by atoms with Gasteiger partial charge in [0.2, 0.25) is 23.6 Å². The van der Waals surface area contributed by atoms with E-state index in [-0.39, 0.29) is 36.3 Å². The lowest BCUT2D eigenvalue weighted by Crippen LogP contribution is -2.57. The summed E-state index contributed by atoms with van der Waals surface area (Å²) in [5.41, 5.74) is 7.61. The van der Waals surface area contributed by atoms with Crippen molar-refractivity contribution in [2.75, 3.05) is 5.75 Å². The number of carboxylic acids is 1. The number of aromatic hydroxyl groups is 1. The minimum atomic E-state index is -1.16. The number of benzene rings is 2. The third-order valence-electron chi connectivity index (χ3n) is 7.67. The molecule has 0 bridgehead atoms. The average Bonchev–Trinajstić information content (AvgIpc) is 3.53. The van der Waals surface area contributed by atoms with Gasteiger partial charge in [-0.1, -0.05) is 56.3 Å². The highest BCUT2D eigenvalue weighted by Crippen LogP contribution is 2.38. The standard InChI is InChI=1S/C31H39N5O7S/c1-17(2)12-24(31(42)43)35-28(39)22(14-18-6-4-3-5-7-18)33-29(40)25-16-44-26-15-23(30(41)36(25)26)34-27(38)21(32)13-19-8-10-20(37)11-9-19/h3-11,17,21-26,37H,12-16,32H2,1-2H3,(H,33,40)(H,34,38)(H,35,39)(H,42,43)/t21-,22-,23-,24-,25-,26-/m0/s1. The highest BCUT2D eigenvalue weighted by Gasteiger charge is 2.50. The quantitative estimate of drug-likeness (QED) is 0.187. The summed E-state index contributed by atoms with van der Waals surface area (Å²) in [6.45, 7) is 3.71. The molecule has 4 amide bonds. The van der Waals surface area contributed by atoms with Crippen molar-refractivity contribution in [1.29, 1.82) is 0 Å². The van der Waals surface area contributed by atoms with Crippen molar-refractivity contribution in [3.8, 4) is 5.75 Å². The molecule has 2 aliphatic heterocycles. The van der Waals surface area contributed by atoms with Crippen LogP contribution >= 0.6 is 11.8 Å². The third-order valence-corrected chi connectivity index (χ3v) is 8.98. The molecule has 2 heterocycles. The number of carbonyl (C=O) groups excluding carboxylic acids is 4. The van der Waals surface area contributed by atoms with Crippen molar-refractivity contribution in [3.63, 3.8) is 0 Å². The molecule has 0 saturated carbocycles. The van der Waals surface area contributed by atoms with E-state index in [0.717, 1.165) is 11.1 Å². The molecule has 2 aromatic carbocycles. The largest absolute Gasteiger partial charge is 0.508 e. The van der Waals surface area contributed by atoms with Crippen LogP contribution in [0.1, 0.15) is 37.8 Å². The lowest BCUT2D eigenvalue weighted by atomic mass is 10.0. The molecule has 0 unspecified atom stereocenters. The van der Waals surface area contributed by atoms with E-state index in [9.17, 15) is 34.2 Å². The summed E-state index contributed by atoms with van der Waals surface area (Å²) in [6.07, 6.45) is 0.863. The third kappa shape index (κ3) is 8.29. The van der Waals surface area contributed by atoms with Crippen LogP contribution in [0.4, 0.5) is 0 Å². The van der Waals surface area contributed by atoms with Gasteiger partial charge >= 0.3 is 5.97 Å². The first-order valence-corrected chi connectivity index (χ1v) is 15.6. The number of fused-ring (bicyclic) bond motifs is 1. The van der Waals surface area contributed by atoms with Gasteiger partial charge in [0.05, 0.1) is 11.4 Å². The second kappa shape index (κ2) is 14.6. The lowest BCUT2D eigenvalue weighted by Gasteiger charge is -2.27. The predicted octanol–water partition coefficient (Wildman–Crippen LogP) is 0.764. The molecule has 12 nitrogen and oxygen atoms in total. The average molecular weight is 626 g/mol. The fourth-order valence-corrected chi connectivity index (χ4v) is 6.85. The molecule has 0 spiro atoms. The summed E-state index contributed by atoms with van der Waals surface area (Å²) in [5, 5.41) is 26.8. The Morgan fingerprint density at radius 2 is 1.61 bits per heavy atom. The van der Waals surface area contributed by atoms with E-state index in [1.165, 1.54) is 28.8 Å². The van der Waals surface area contributed by atoms with Gasteiger partial charge in [-0.05, 0) is 42.0 Å². The van der Waals surface area contributed by atoms with Crippen LogP contribution in [0, 0.1) is 5.92 Å². The minimum absolute atomic E-state index is 0.0167. The molecule has 13 heteroatoms. The van der Waals surface area contributed by atoms with Gasteiger partial charge in [0.1, 0.15) is 29.9 Å². The zero-order valence-electron chi connectivity index (χ0n) is 24.6. The lowest BCUT2D eigenvalue weighted by molar-refractivity contribution is -0.143. The van der Waals surface area contributed by atoms with Gasteiger partial charge in [0, 0.05) is 18.6 Å². The predicted molar refractivity (Wildman–Crippen MR) is 164 cm³/mol. The van der Waals surface area contributed by atoms with E-state index in [2.05, 4.69) is 16.0 Å². The summed E-state index contributed by atoms with van der Waals surface area (Å²) < 4.78 is 0. The Labute approximate surface area is 260 Å². The number of carbonyl (C=O) groups is 5. The van der Waals surface area contributed by atoms with E-state index >= 15 is 0 Å². The number of carboxylic acid groups (broad SMARTS) is 1. The number of hydrogen-bond acceptors (Lipinski definition) is 8. The Hall–Kier alpha value is -4.10. The number of phenolic OH excluding ortho intramolecular Hbond substituents is 1. The maximum absolute atomic E-state index is 13.6.